The highest BCUT2D eigenvalue weighted by Crippen LogP contribution is 2.23. The van der Waals surface area contributed by atoms with Crippen molar-refractivity contribution in [2.24, 2.45) is 0 Å². The van der Waals surface area contributed by atoms with Gasteiger partial charge in [0.05, 0.1) is 0 Å². The molecule has 70 valence electrons. The fourth-order valence-electron chi connectivity index (χ4n) is 1.64. The van der Waals surface area contributed by atoms with Crippen molar-refractivity contribution in [2.45, 2.75) is 5.92 Å². The van der Waals surface area contributed by atoms with Crippen LogP contribution in [0.15, 0.2) is 61.3 Å². The molecule has 1 N–H and O–H groups in total. The van der Waals surface area contributed by atoms with Gasteiger partial charge in [0.1, 0.15) is 0 Å². The molecule has 1 atom stereocenters. The third-order valence-corrected chi connectivity index (χ3v) is 2.35. The van der Waals surface area contributed by atoms with Crippen molar-refractivity contribution in [1.29, 1.82) is 0 Å². The van der Waals surface area contributed by atoms with E-state index in [9.17, 15) is 0 Å². The Morgan fingerprint density at radius 2 is 1.86 bits per heavy atom. The van der Waals surface area contributed by atoms with E-state index in [-0.39, 0.29) is 5.92 Å². The van der Waals surface area contributed by atoms with E-state index >= 15 is 0 Å². The lowest BCUT2D eigenvalue weighted by molar-refractivity contribution is 0.976. The molecule has 0 spiro atoms. The lowest BCUT2D eigenvalue weighted by Crippen LogP contribution is -1.96. The van der Waals surface area contributed by atoms with Gasteiger partial charge in [-0.3, -0.25) is 0 Å². The molecule has 1 heteroatoms. The summed E-state index contributed by atoms with van der Waals surface area (Å²) >= 11 is 0. The molecule has 0 aliphatic rings. The second-order valence-electron chi connectivity index (χ2n) is 3.25. The Bertz CT molecular complexity index is 386. The Morgan fingerprint density at radius 1 is 1.07 bits per heavy atom. The van der Waals surface area contributed by atoms with E-state index in [1.54, 1.807) is 0 Å². The van der Waals surface area contributed by atoms with Crippen LogP contribution in [-0.2, 0) is 0 Å². The fraction of sp³-hybridized carbons (Fsp3) is 0.0769. The molecule has 2 rings (SSSR count). The average Bonchev–Trinajstić information content (AvgIpc) is 2.74. The molecule has 0 radical (unpaired) electrons. The molecule has 0 saturated heterocycles. The van der Waals surface area contributed by atoms with Gasteiger partial charge in [0.15, 0.2) is 0 Å². The van der Waals surface area contributed by atoms with Crippen LogP contribution in [0, 0.1) is 0 Å². The number of allylic oxidation sites excluding steroid dienone is 1. The highest BCUT2D eigenvalue weighted by Gasteiger charge is 2.09. The van der Waals surface area contributed by atoms with Crippen molar-refractivity contribution >= 4 is 0 Å². The van der Waals surface area contributed by atoms with Crippen LogP contribution in [0.5, 0.6) is 0 Å². The quantitative estimate of drug-likeness (QED) is 0.702. The summed E-state index contributed by atoms with van der Waals surface area (Å²) in [4.78, 5) is 3.22. The zero-order chi connectivity index (χ0) is 9.80. The molecule has 0 bridgehead atoms. The first kappa shape index (κ1) is 8.82. The molecule has 0 fully saturated rings. The largest absolute Gasteiger partial charge is 0.364 e. The molecule has 1 aromatic carbocycles. The van der Waals surface area contributed by atoms with Crippen LogP contribution >= 0.6 is 0 Å². The first-order chi connectivity index (χ1) is 6.92. The number of rotatable bonds is 3. The summed E-state index contributed by atoms with van der Waals surface area (Å²) in [5.41, 5.74) is 2.45. The maximum absolute atomic E-state index is 3.87. The van der Waals surface area contributed by atoms with Crippen LogP contribution in [0.25, 0.3) is 0 Å². The van der Waals surface area contributed by atoms with Gasteiger partial charge < -0.3 is 4.98 Å². The summed E-state index contributed by atoms with van der Waals surface area (Å²) in [5, 5.41) is 0. The average molecular weight is 183 g/mol. The maximum atomic E-state index is 3.87. The van der Waals surface area contributed by atoms with E-state index in [4.69, 9.17) is 0 Å². The van der Waals surface area contributed by atoms with Gasteiger partial charge in [-0.15, -0.1) is 6.58 Å². The van der Waals surface area contributed by atoms with E-state index < -0.39 is 0 Å². The number of H-pyrrole nitrogens is 1. The molecule has 1 aromatic heterocycles. The van der Waals surface area contributed by atoms with Gasteiger partial charge in [-0.25, -0.2) is 0 Å². The summed E-state index contributed by atoms with van der Waals surface area (Å²) in [6.45, 7) is 3.87. The van der Waals surface area contributed by atoms with Crippen molar-refractivity contribution in [1.82, 2.24) is 4.98 Å². The van der Waals surface area contributed by atoms with Crippen molar-refractivity contribution in [3.63, 3.8) is 0 Å². The van der Waals surface area contributed by atoms with Crippen LogP contribution < -0.4 is 0 Å². The molecule has 0 aliphatic carbocycles. The van der Waals surface area contributed by atoms with Crippen molar-refractivity contribution in [2.75, 3.05) is 0 Å². The van der Waals surface area contributed by atoms with E-state index in [0.29, 0.717) is 0 Å². The van der Waals surface area contributed by atoms with Crippen LogP contribution in [-0.4, -0.2) is 4.98 Å². The smallest absolute Gasteiger partial charge is 0.0418 e. The van der Waals surface area contributed by atoms with Gasteiger partial charge in [-0.05, 0) is 17.7 Å². The predicted octanol–water partition coefficient (Wildman–Crippen LogP) is 3.33. The number of nitrogens with one attached hydrogen (secondary N) is 1. The molecular formula is C13H13N. The number of aromatic amines is 1. The van der Waals surface area contributed by atoms with Crippen LogP contribution in [0.4, 0.5) is 0 Å². The molecule has 1 nitrogen and oxygen atoms in total. The van der Waals surface area contributed by atoms with Crippen molar-refractivity contribution in [3.05, 3.63) is 72.6 Å². The third kappa shape index (κ3) is 1.62. The molecule has 1 unspecified atom stereocenters. The standard InChI is InChI=1S/C13H13N/c1-2-12(13-9-6-10-14-13)11-7-4-3-5-8-11/h2-10,12,14H,1H2. The third-order valence-electron chi connectivity index (χ3n) is 2.35. The topological polar surface area (TPSA) is 15.8 Å². The Labute approximate surface area is 84.1 Å². The molecule has 14 heavy (non-hydrogen) atoms. The number of aromatic nitrogens is 1. The lowest BCUT2D eigenvalue weighted by atomic mass is 9.96. The van der Waals surface area contributed by atoms with E-state index in [2.05, 4.69) is 41.9 Å². The Hall–Kier alpha value is -1.76. The molecule has 0 saturated carbocycles. The number of benzene rings is 1. The lowest BCUT2D eigenvalue weighted by Gasteiger charge is -2.10. The first-order valence-electron chi connectivity index (χ1n) is 4.72. The molecule has 0 aliphatic heterocycles. The predicted molar refractivity (Wildman–Crippen MR) is 59.3 cm³/mol. The van der Waals surface area contributed by atoms with Gasteiger partial charge in [-0.2, -0.15) is 0 Å². The molecule has 2 aromatic rings. The highest BCUT2D eigenvalue weighted by molar-refractivity contribution is 5.32. The zero-order valence-electron chi connectivity index (χ0n) is 7.98. The van der Waals surface area contributed by atoms with E-state index in [1.807, 2.05) is 24.4 Å². The Balaban J connectivity index is 2.36. The van der Waals surface area contributed by atoms with Gasteiger partial charge in [0, 0.05) is 17.8 Å². The summed E-state index contributed by atoms with van der Waals surface area (Å²) in [6, 6.07) is 14.5. The minimum Gasteiger partial charge on any atom is -0.364 e. The van der Waals surface area contributed by atoms with E-state index in [1.165, 1.54) is 11.3 Å². The normalized spacial score (nSPS) is 12.3. The Morgan fingerprint density at radius 3 is 2.43 bits per heavy atom. The SMILES string of the molecule is C=CC(c1ccccc1)c1ccc[nH]1. The minimum atomic E-state index is 0.270. The van der Waals surface area contributed by atoms with Crippen LogP contribution in [0.1, 0.15) is 17.2 Å². The summed E-state index contributed by atoms with van der Waals surface area (Å²) in [7, 11) is 0. The first-order valence-corrected chi connectivity index (χ1v) is 4.72. The van der Waals surface area contributed by atoms with Crippen molar-refractivity contribution < 1.29 is 0 Å². The number of hydrogen-bond acceptors (Lipinski definition) is 0. The summed E-state index contributed by atoms with van der Waals surface area (Å²) < 4.78 is 0. The zero-order valence-corrected chi connectivity index (χ0v) is 7.98. The van der Waals surface area contributed by atoms with Crippen LogP contribution in [0.3, 0.4) is 0 Å². The van der Waals surface area contributed by atoms with E-state index in [0.717, 1.165) is 0 Å². The van der Waals surface area contributed by atoms with Gasteiger partial charge >= 0.3 is 0 Å². The Kier molecular flexibility index (Phi) is 2.50. The summed E-state index contributed by atoms with van der Waals surface area (Å²) in [5.74, 6) is 0.270. The number of hydrogen-bond donors (Lipinski definition) is 1. The van der Waals surface area contributed by atoms with Gasteiger partial charge in [-0.1, -0.05) is 36.4 Å². The van der Waals surface area contributed by atoms with Gasteiger partial charge in [0.25, 0.3) is 0 Å². The maximum Gasteiger partial charge on any atom is 0.0418 e. The minimum absolute atomic E-state index is 0.270. The monoisotopic (exact) mass is 183 g/mol. The molecular weight excluding hydrogens is 170 g/mol. The highest BCUT2D eigenvalue weighted by atomic mass is 14.7. The molecule has 0 amide bonds. The van der Waals surface area contributed by atoms with Crippen LogP contribution in [0.2, 0.25) is 0 Å². The fourth-order valence-corrected chi connectivity index (χ4v) is 1.64. The molecule has 1 heterocycles. The summed E-state index contributed by atoms with van der Waals surface area (Å²) in [6.07, 6.45) is 3.90. The second kappa shape index (κ2) is 3.97. The van der Waals surface area contributed by atoms with Crippen molar-refractivity contribution in [3.8, 4) is 0 Å². The second-order valence-corrected chi connectivity index (χ2v) is 3.25. The van der Waals surface area contributed by atoms with Gasteiger partial charge in [0.2, 0.25) is 0 Å².